The van der Waals surface area contributed by atoms with Crippen molar-refractivity contribution in [2.45, 2.75) is 19.1 Å². The molecule has 0 aromatic heterocycles. The number of carboxylic acids is 1. The topological polar surface area (TPSA) is 46.5 Å². The summed E-state index contributed by atoms with van der Waals surface area (Å²) in [6.45, 7) is 2.42. The molecule has 1 N–H and O–H groups in total. The molecule has 18 heavy (non-hydrogen) atoms. The van der Waals surface area contributed by atoms with Gasteiger partial charge in [-0.3, -0.25) is 4.79 Å². The largest absolute Gasteiger partial charge is 0.493 e. The summed E-state index contributed by atoms with van der Waals surface area (Å²) in [7, 11) is 0. The molecule has 0 saturated heterocycles. The van der Waals surface area contributed by atoms with E-state index in [1.807, 2.05) is 12.1 Å². The zero-order valence-corrected chi connectivity index (χ0v) is 11.7. The Morgan fingerprint density at radius 1 is 1.61 bits per heavy atom. The Hall–Kier alpha value is -0.870. The summed E-state index contributed by atoms with van der Waals surface area (Å²) in [6, 6.07) is 3.85. The van der Waals surface area contributed by atoms with Crippen LogP contribution in [0.1, 0.15) is 18.1 Å². The fourth-order valence-corrected chi connectivity index (χ4v) is 3.18. The van der Waals surface area contributed by atoms with E-state index in [9.17, 15) is 4.79 Å². The molecule has 1 aromatic rings. The van der Waals surface area contributed by atoms with Gasteiger partial charge in [0.05, 0.1) is 12.5 Å². The molecule has 0 amide bonds. The molecule has 98 valence electrons. The van der Waals surface area contributed by atoms with Gasteiger partial charge in [-0.2, -0.15) is 11.8 Å². The number of ether oxygens (including phenoxy) is 1. The number of carboxylic acid groups (broad SMARTS) is 1. The van der Waals surface area contributed by atoms with Gasteiger partial charge in [-0.05, 0) is 17.7 Å². The number of fused-ring (bicyclic) bond motifs is 1. The summed E-state index contributed by atoms with van der Waals surface area (Å²) in [5.74, 6) is 1.19. The lowest BCUT2D eigenvalue weighted by atomic mass is 10.1. The van der Waals surface area contributed by atoms with E-state index in [-0.39, 0.29) is 5.92 Å². The Labute approximate surface area is 115 Å². The highest BCUT2D eigenvalue weighted by atomic mass is 35.5. The molecule has 0 bridgehead atoms. The van der Waals surface area contributed by atoms with Gasteiger partial charge in [0.25, 0.3) is 0 Å². The van der Waals surface area contributed by atoms with Crippen molar-refractivity contribution in [3.63, 3.8) is 0 Å². The summed E-state index contributed by atoms with van der Waals surface area (Å²) in [5.41, 5.74) is 2.22. The van der Waals surface area contributed by atoms with Crippen LogP contribution in [0.3, 0.4) is 0 Å². The van der Waals surface area contributed by atoms with Crippen molar-refractivity contribution in [2.24, 2.45) is 5.92 Å². The predicted octanol–water partition coefficient (Wildman–Crippen LogP) is 3.23. The van der Waals surface area contributed by atoms with Crippen LogP contribution in [0, 0.1) is 5.92 Å². The van der Waals surface area contributed by atoms with Crippen molar-refractivity contribution >= 4 is 29.3 Å². The van der Waals surface area contributed by atoms with Crippen molar-refractivity contribution in [2.75, 3.05) is 12.4 Å². The third-order valence-corrected chi connectivity index (χ3v) is 4.34. The van der Waals surface area contributed by atoms with E-state index < -0.39 is 5.97 Å². The fourth-order valence-electron chi connectivity index (χ4n) is 1.87. The van der Waals surface area contributed by atoms with Crippen LogP contribution in [-0.4, -0.2) is 23.4 Å². The number of aliphatic carboxylic acids is 1. The van der Waals surface area contributed by atoms with Crippen LogP contribution in [0.2, 0.25) is 5.02 Å². The average molecular weight is 287 g/mol. The summed E-state index contributed by atoms with van der Waals surface area (Å²) in [6.07, 6.45) is 0.902. The van der Waals surface area contributed by atoms with Gasteiger partial charge in [-0.15, -0.1) is 0 Å². The first-order valence-electron chi connectivity index (χ1n) is 5.82. The maximum atomic E-state index is 10.7. The smallest absolute Gasteiger partial charge is 0.307 e. The van der Waals surface area contributed by atoms with Crippen LogP contribution in [-0.2, 0) is 17.0 Å². The molecule has 1 atom stereocenters. The molecule has 5 heteroatoms. The maximum Gasteiger partial charge on any atom is 0.307 e. The molecule has 1 unspecified atom stereocenters. The highest BCUT2D eigenvalue weighted by molar-refractivity contribution is 7.98. The second-order valence-corrected chi connectivity index (χ2v) is 5.87. The molecule has 1 aliphatic heterocycles. The first-order chi connectivity index (χ1) is 8.58. The highest BCUT2D eigenvalue weighted by Crippen LogP contribution is 2.35. The monoisotopic (exact) mass is 286 g/mol. The lowest BCUT2D eigenvalue weighted by molar-refractivity contribution is -0.140. The molecule has 0 fully saturated rings. The normalized spacial score (nSPS) is 15.0. The van der Waals surface area contributed by atoms with E-state index in [0.29, 0.717) is 12.4 Å². The Bertz CT molecular complexity index is 462. The van der Waals surface area contributed by atoms with E-state index in [1.54, 1.807) is 18.7 Å². The van der Waals surface area contributed by atoms with Crippen molar-refractivity contribution in [1.82, 2.24) is 0 Å². The summed E-state index contributed by atoms with van der Waals surface area (Å²) in [5, 5.41) is 9.54. The lowest BCUT2D eigenvalue weighted by Crippen LogP contribution is -2.11. The molecule has 3 nitrogen and oxygen atoms in total. The van der Waals surface area contributed by atoms with E-state index >= 15 is 0 Å². The van der Waals surface area contributed by atoms with E-state index in [2.05, 4.69) is 0 Å². The number of benzene rings is 1. The van der Waals surface area contributed by atoms with Crippen LogP contribution in [0.4, 0.5) is 0 Å². The number of hydrogen-bond donors (Lipinski definition) is 1. The van der Waals surface area contributed by atoms with Crippen molar-refractivity contribution in [3.05, 3.63) is 28.3 Å². The molecule has 1 heterocycles. The van der Waals surface area contributed by atoms with Gasteiger partial charge in [0.2, 0.25) is 0 Å². The van der Waals surface area contributed by atoms with E-state index in [4.69, 9.17) is 21.4 Å². The van der Waals surface area contributed by atoms with Crippen molar-refractivity contribution in [1.29, 1.82) is 0 Å². The maximum absolute atomic E-state index is 10.7. The van der Waals surface area contributed by atoms with Crippen LogP contribution < -0.4 is 4.74 Å². The van der Waals surface area contributed by atoms with Crippen molar-refractivity contribution in [3.8, 4) is 5.75 Å². The average Bonchev–Trinajstić information content (AvgIpc) is 2.76. The zero-order valence-electron chi connectivity index (χ0n) is 10.1. The third-order valence-electron chi connectivity index (χ3n) is 2.87. The van der Waals surface area contributed by atoms with Gasteiger partial charge < -0.3 is 9.84 Å². The molecule has 1 aliphatic rings. The molecule has 2 rings (SSSR count). The van der Waals surface area contributed by atoms with Gasteiger partial charge in [-0.25, -0.2) is 0 Å². The minimum atomic E-state index is -0.755. The van der Waals surface area contributed by atoms with E-state index in [0.717, 1.165) is 34.1 Å². The number of thioether (sulfide) groups is 1. The summed E-state index contributed by atoms with van der Waals surface area (Å²) < 4.78 is 5.60. The standard InChI is InChI=1S/C13H15ClO3S/c1-8(13(15)16)6-18-7-10-5-11(14)4-9-2-3-17-12(9)10/h4-5,8H,2-3,6-7H2,1H3,(H,15,16). The molecule has 1 aromatic carbocycles. The second kappa shape index (κ2) is 5.85. The number of halogens is 1. The zero-order chi connectivity index (χ0) is 13.1. The lowest BCUT2D eigenvalue weighted by Gasteiger charge is -2.10. The van der Waals surface area contributed by atoms with Crippen LogP contribution in [0.15, 0.2) is 12.1 Å². The number of carbonyl (C=O) groups is 1. The minimum absolute atomic E-state index is 0.330. The molecule has 0 saturated carbocycles. The van der Waals surface area contributed by atoms with Gasteiger partial charge in [0.15, 0.2) is 0 Å². The second-order valence-electron chi connectivity index (χ2n) is 4.41. The van der Waals surface area contributed by atoms with Gasteiger partial charge >= 0.3 is 5.97 Å². The SMILES string of the molecule is CC(CSCc1cc(Cl)cc2c1OCC2)C(=O)O. The van der Waals surface area contributed by atoms with E-state index in [1.165, 1.54) is 0 Å². The number of hydrogen-bond acceptors (Lipinski definition) is 3. The number of rotatable bonds is 5. The van der Waals surface area contributed by atoms with Crippen LogP contribution >= 0.6 is 23.4 Å². The van der Waals surface area contributed by atoms with Crippen LogP contribution in [0.25, 0.3) is 0 Å². The van der Waals surface area contributed by atoms with Gasteiger partial charge in [0.1, 0.15) is 5.75 Å². The molecule has 0 aliphatic carbocycles. The third kappa shape index (κ3) is 3.12. The highest BCUT2D eigenvalue weighted by Gasteiger charge is 2.18. The Morgan fingerprint density at radius 2 is 2.39 bits per heavy atom. The Kier molecular flexibility index (Phi) is 4.40. The summed E-state index contributed by atoms with van der Waals surface area (Å²) >= 11 is 7.66. The summed E-state index contributed by atoms with van der Waals surface area (Å²) in [4.78, 5) is 10.7. The van der Waals surface area contributed by atoms with Gasteiger partial charge in [0, 0.05) is 28.5 Å². The minimum Gasteiger partial charge on any atom is -0.493 e. The Balaban J connectivity index is 2.00. The molecule has 0 spiro atoms. The van der Waals surface area contributed by atoms with Crippen molar-refractivity contribution < 1.29 is 14.6 Å². The predicted molar refractivity (Wildman–Crippen MR) is 73.6 cm³/mol. The fraction of sp³-hybridized carbons (Fsp3) is 0.462. The molecular formula is C13H15ClO3S. The van der Waals surface area contributed by atoms with Crippen LogP contribution in [0.5, 0.6) is 5.75 Å². The molecular weight excluding hydrogens is 272 g/mol. The quantitative estimate of drug-likeness (QED) is 0.903. The first kappa shape index (κ1) is 13.6. The Morgan fingerprint density at radius 3 is 3.11 bits per heavy atom. The van der Waals surface area contributed by atoms with Gasteiger partial charge in [-0.1, -0.05) is 18.5 Å². The first-order valence-corrected chi connectivity index (χ1v) is 7.36. The molecule has 0 radical (unpaired) electrons.